The Kier molecular flexibility index (Phi) is 5.64. The Labute approximate surface area is 159 Å². The van der Waals surface area contributed by atoms with E-state index < -0.39 is 11.8 Å². The number of hydrogen-bond donors (Lipinski definition) is 1. The van der Waals surface area contributed by atoms with E-state index in [0.717, 1.165) is 22.3 Å². The molecule has 3 rings (SSSR count). The molecule has 2 aromatic carbocycles. The highest BCUT2D eigenvalue weighted by Crippen LogP contribution is 2.33. The second-order valence-corrected chi connectivity index (χ2v) is 6.56. The van der Waals surface area contributed by atoms with Gasteiger partial charge in [0.05, 0.1) is 14.2 Å². The van der Waals surface area contributed by atoms with Crippen molar-refractivity contribution in [3.05, 3.63) is 58.7 Å². The van der Waals surface area contributed by atoms with Gasteiger partial charge >= 0.3 is 11.8 Å². The van der Waals surface area contributed by atoms with Crippen molar-refractivity contribution in [2.75, 3.05) is 20.8 Å². The number of methoxy groups -OCH3 is 2. The first-order valence-corrected chi connectivity index (χ1v) is 8.89. The number of aryl methyl sites for hydroxylation is 1. The maximum Gasteiger partial charge on any atom is 0.312 e. The molecule has 1 heterocycles. The highest BCUT2D eigenvalue weighted by atomic mass is 16.5. The molecule has 6 heteroatoms. The molecule has 1 N–H and O–H groups in total. The van der Waals surface area contributed by atoms with Gasteiger partial charge in [-0.15, -0.1) is 0 Å². The van der Waals surface area contributed by atoms with Crippen molar-refractivity contribution in [2.45, 2.75) is 26.4 Å². The van der Waals surface area contributed by atoms with Crippen molar-refractivity contribution in [3.63, 3.8) is 0 Å². The van der Waals surface area contributed by atoms with Crippen molar-refractivity contribution in [1.29, 1.82) is 0 Å². The van der Waals surface area contributed by atoms with Crippen LogP contribution in [-0.2, 0) is 29.1 Å². The van der Waals surface area contributed by atoms with Gasteiger partial charge in [0.2, 0.25) is 0 Å². The van der Waals surface area contributed by atoms with Gasteiger partial charge in [0.25, 0.3) is 0 Å². The lowest BCUT2D eigenvalue weighted by Gasteiger charge is -2.29. The van der Waals surface area contributed by atoms with E-state index in [1.54, 1.807) is 19.1 Å². The molecular weight excluding hydrogens is 344 g/mol. The fraction of sp³-hybridized carbons (Fsp3) is 0.333. The van der Waals surface area contributed by atoms with E-state index >= 15 is 0 Å². The molecule has 0 spiro atoms. The monoisotopic (exact) mass is 368 g/mol. The van der Waals surface area contributed by atoms with Crippen LogP contribution in [0, 0.1) is 6.92 Å². The van der Waals surface area contributed by atoms with Crippen molar-refractivity contribution < 1.29 is 19.1 Å². The Bertz CT molecular complexity index is 863. The molecule has 2 aromatic rings. The molecule has 0 radical (unpaired) electrons. The lowest BCUT2D eigenvalue weighted by molar-refractivity contribution is -0.146. The van der Waals surface area contributed by atoms with Gasteiger partial charge in [-0.2, -0.15) is 0 Å². The minimum Gasteiger partial charge on any atom is -0.493 e. The molecule has 27 heavy (non-hydrogen) atoms. The summed E-state index contributed by atoms with van der Waals surface area (Å²) in [6.45, 7) is 3.20. The number of carbonyl (C=O) groups excluding carboxylic acids is 2. The number of carbonyl (C=O) groups is 2. The van der Waals surface area contributed by atoms with E-state index in [4.69, 9.17) is 9.47 Å². The fourth-order valence-electron chi connectivity index (χ4n) is 3.26. The van der Waals surface area contributed by atoms with Gasteiger partial charge in [0.15, 0.2) is 11.5 Å². The maximum atomic E-state index is 12.5. The number of nitrogens with one attached hydrogen (secondary N) is 1. The SMILES string of the molecule is COc1cc2c(cc1OC)CN(C(=O)C(=O)NCc1ccccc1C)CC2. The van der Waals surface area contributed by atoms with E-state index in [0.29, 0.717) is 37.6 Å². The molecule has 0 atom stereocenters. The van der Waals surface area contributed by atoms with E-state index in [9.17, 15) is 9.59 Å². The van der Waals surface area contributed by atoms with Crippen LogP contribution in [0.4, 0.5) is 0 Å². The lowest BCUT2D eigenvalue weighted by Crippen LogP contribution is -2.44. The first kappa shape index (κ1) is 18.8. The zero-order valence-electron chi connectivity index (χ0n) is 15.9. The van der Waals surface area contributed by atoms with E-state index in [-0.39, 0.29) is 0 Å². The second-order valence-electron chi connectivity index (χ2n) is 6.56. The van der Waals surface area contributed by atoms with Crippen LogP contribution in [0.3, 0.4) is 0 Å². The molecule has 0 unspecified atom stereocenters. The first-order valence-electron chi connectivity index (χ1n) is 8.89. The highest BCUT2D eigenvalue weighted by Gasteiger charge is 2.26. The first-order chi connectivity index (χ1) is 13.0. The summed E-state index contributed by atoms with van der Waals surface area (Å²) in [7, 11) is 3.18. The van der Waals surface area contributed by atoms with Crippen LogP contribution in [0.15, 0.2) is 36.4 Å². The normalized spacial score (nSPS) is 12.9. The van der Waals surface area contributed by atoms with E-state index in [2.05, 4.69) is 5.32 Å². The molecule has 0 aromatic heterocycles. The summed E-state index contributed by atoms with van der Waals surface area (Å²) in [5.41, 5.74) is 4.16. The molecule has 1 aliphatic rings. The molecule has 0 bridgehead atoms. The summed E-state index contributed by atoms with van der Waals surface area (Å²) >= 11 is 0. The van der Waals surface area contributed by atoms with Crippen LogP contribution in [0.25, 0.3) is 0 Å². The average Bonchev–Trinajstić information content (AvgIpc) is 2.70. The summed E-state index contributed by atoms with van der Waals surface area (Å²) in [5.74, 6) is 0.202. The number of nitrogens with zero attached hydrogens (tertiary/aromatic N) is 1. The van der Waals surface area contributed by atoms with Crippen molar-refractivity contribution in [1.82, 2.24) is 10.2 Å². The van der Waals surface area contributed by atoms with E-state index in [1.807, 2.05) is 43.3 Å². The van der Waals surface area contributed by atoms with Gasteiger partial charge < -0.3 is 19.7 Å². The standard InChI is InChI=1S/C21H24N2O4/c1-14-6-4-5-7-16(14)12-22-20(24)21(25)23-9-8-15-10-18(26-2)19(27-3)11-17(15)13-23/h4-7,10-11H,8-9,12-13H2,1-3H3,(H,22,24). The third-order valence-corrected chi connectivity index (χ3v) is 4.90. The molecule has 0 aliphatic carbocycles. The minimum absolute atomic E-state index is 0.340. The van der Waals surface area contributed by atoms with Crippen molar-refractivity contribution in [3.8, 4) is 11.5 Å². The Balaban J connectivity index is 1.66. The molecule has 2 amide bonds. The van der Waals surface area contributed by atoms with E-state index in [1.165, 1.54) is 0 Å². The summed E-state index contributed by atoms with van der Waals surface area (Å²) in [5, 5.41) is 2.73. The number of benzene rings is 2. The van der Waals surface area contributed by atoms with Gasteiger partial charge in [-0.1, -0.05) is 24.3 Å². The molecule has 0 fully saturated rings. The van der Waals surface area contributed by atoms with Gasteiger partial charge in [-0.3, -0.25) is 9.59 Å². The summed E-state index contributed by atoms with van der Waals surface area (Å²) < 4.78 is 10.7. The highest BCUT2D eigenvalue weighted by molar-refractivity contribution is 6.34. The molecule has 1 aliphatic heterocycles. The largest absolute Gasteiger partial charge is 0.493 e. The van der Waals surface area contributed by atoms with Gasteiger partial charge in [-0.05, 0) is 47.7 Å². The van der Waals surface area contributed by atoms with Crippen molar-refractivity contribution >= 4 is 11.8 Å². The Hall–Kier alpha value is -3.02. The van der Waals surface area contributed by atoms with Gasteiger partial charge in [0, 0.05) is 19.6 Å². The Morgan fingerprint density at radius 2 is 1.74 bits per heavy atom. The number of hydrogen-bond acceptors (Lipinski definition) is 4. The summed E-state index contributed by atoms with van der Waals surface area (Å²) in [6, 6.07) is 11.6. The zero-order chi connectivity index (χ0) is 19.4. The number of ether oxygens (including phenoxy) is 2. The minimum atomic E-state index is -0.581. The van der Waals surface area contributed by atoms with Crippen molar-refractivity contribution in [2.24, 2.45) is 0 Å². The fourth-order valence-corrected chi connectivity index (χ4v) is 3.26. The molecule has 0 saturated heterocycles. The Morgan fingerprint density at radius 1 is 1.07 bits per heavy atom. The second kappa shape index (κ2) is 8.12. The predicted molar refractivity (Wildman–Crippen MR) is 102 cm³/mol. The third kappa shape index (κ3) is 4.05. The van der Waals surface area contributed by atoms with Crippen LogP contribution in [0.1, 0.15) is 22.3 Å². The molecule has 6 nitrogen and oxygen atoms in total. The topological polar surface area (TPSA) is 67.9 Å². The number of amides is 2. The van der Waals surface area contributed by atoms with Gasteiger partial charge in [0.1, 0.15) is 0 Å². The van der Waals surface area contributed by atoms with Crippen LogP contribution in [-0.4, -0.2) is 37.5 Å². The number of rotatable bonds is 4. The smallest absolute Gasteiger partial charge is 0.312 e. The average molecular weight is 368 g/mol. The van der Waals surface area contributed by atoms with Gasteiger partial charge in [-0.25, -0.2) is 0 Å². The predicted octanol–water partition coefficient (Wildman–Crippen LogP) is 2.21. The van der Waals surface area contributed by atoms with Crippen LogP contribution in [0.2, 0.25) is 0 Å². The maximum absolute atomic E-state index is 12.5. The molecule has 0 saturated carbocycles. The quantitative estimate of drug-likeness (QED) is 0.841. The van der Waals surface area contributed by atoms with Crippen LogP contribution < -0.4 is 14.8 Å². The zero-order valence-corrected chi connectivity index (χ0v) is 15.9. The summed E-state index contributed by atoms with van der Waals surface area (Å²) in [4.78, 5) is 26.4. The molecular formula is C21H24N2O4. The number of fused-ring (bicyclic) bond motifs is 1. The lowest BCUT2D eigenvalue weighted by atomic mass is 9.98. The summed E-state index contributed by atoms with van der Waals surface area (Å²) in [6.07, 6.45) is 0.673. The molecule has 142 valence electrons. The Morgan fingerprint density at radius 3 is 2.41 bits per heavy atom. The van der Waals surface area contributed by atoms with Crippen LogP contribution in [0.5, 0.6) is 11.5 Å². The third-order valence-electron chi connectivity index (χ3n) is 4.90. The van der Waals surface area contributed by atoms with Crippen LogP contribution >= 0.6 is 0 Å².